The number of alkyl halides is 3. The Kier molecular flexibility index (Phi) is 3.64. The molecule has 1 atom stereocenters. The molecule has 1 unspecified atom stereocenters. The fourth-order valence-electron chi connectivity index (χ4n) is 1.16. The maximum Gasteiger partial charge on any atom is 0.416 e. The summed E-state index contributed by atoms with van der Waals surface area (Å²) < 4.78 is 36.0. The first kappa shape index (κ1) is 12.6. The summed E-state index contributed by atoms with van der Waals surface area (Å²) in [6, 6.07) is 4.99. The number of hydrogen-bond acceptors (Lipinski definition) is 3. The Morgan fingerprint density at radius 1 is 1.44 bits per heavy atom. The highest BCUT2D eigenvalue weighted by molar-refractivity contribution is 5.69. The van der Waals surface area contributed by atoms with Gasteiger partial charge in [-0.2, -0.15) is 13.2 Å². The summed E-state index contributed by atoms with van der Waals surface area (Å²) in [5.41, 5.74) is 7.20. The van der Waals surface area contributed by atoms with Gasteiger partial charge in [0.05, 0.1) is 11.4 Å². The number of para-hydroxylation sites is 1. The van der Waals surface area contributed by atoms with Crippen LogP contribution in [0.15, 0.2) is 18.2 Å². The number of nitrogens with one attached hydrogen (secondary N) is 1. The molecule has 90 valence electrons. The van der Waals surface area contributed by atoms with Crippen molar-refractivity contribution in [3.05, 3.63) is 23.8 Å². The largest absolute Gasteiger partial charge is 0.416 e. The van der Waals surface area contributed by atoms with Crippen molar-refractivity contribution in [2.24, 2.45) is 0 Å². The van der Waals surface area contributed by atoms with Crippen LogP contribution in [0, 0.1) is 6.92 Å². The van der Waals surface area contributed by atoms with E-state index in [9.17, 15) is 13.2 Å². The lowest BCUT2D eigenvalue weighted by Gasteiger charge is -2.17. The number of aliphatic hydroxyl groups excluding tert-OH is 1. The highest BCUT2D eigenvalue weighted by Gasteiger charge is 2.37. The zero-order valence-electron chi connectivity index (χ0n) is 8.67. The van der Waals surface area contributed by atoms with Crippen LogP contribution in [-0.2, 0) is 0 Å². The Morgan fingerprint density at radius 2 is 2.06 bits per heavy atom. The number of nitrogens with two attached hydrogens (primary N) is 1. The van der Waals surface area contributed by atoms with Crippen molar-refractivity contribution >= 4 is 11.4 Å². The topological polar surface area (TPSA) is 58.3 Å². The molecule has 0 saturated carbocycles. The SMILES string of the molecule is Cc1cccc(NCC(O)C(F)(F)F)c1N. The summed E-state index contributed by atoms with van der Waals surface area (Å²) in [6.45, 7) is 1.14. The molecule has 0 saturated heterocycles. The van der Waals surface area contributed by atoms with Crippen molar-refractivity contribution in [1.29, 1.82) is 0 Å². The van der Waals surface area contributed by atoms with Crippen LogP contribution in [0.4, 0.5) is 24.5 Å². The molecule has 0 spiro atoms. The van der Waals surface area contributed by atoms with E-state index >= 15 is 0 Å². The van der Waals surface area contributed by atoms with Crippen molar-refractivity contribution in [3.63, 3.8) is 0 Å². The Labute approximate surface area is 91.1 Å². The number of hydrogen-bond donors (Lipinski definition) is 3. The summed E-state index contributed by atoms with van der Waals surface area (Å²) in [5, 5.41) is 11.2. The van der Waals surface area contributed by atoms with Crippen molar-refractivity contribution in [2.45, 2.75) is 19.2 Å². The molecule has 4 N–H and O–H groups in total. The lowest BCUT2D eigenvalue weighted by molar-refractivity contribution is -0.198. The molecule has 1 aromatic rings. The van der Waals surface area contributed by atoms with Crippen LogP contribution >= 0.6 is 0 Å². The molecule has 0 amide bonds. The van der Waals surface area contributed by atoms with Gasteiger partial charge in [-0.1, -0.05) is 12.1 Å². The molecule has 0 aromatic heterocycles. The minimum absolute atomic E-state index is 0.386. The fourth-order valence-corrected chi connectivity index (χ4v) is 1.16. The van der Waals surface area contributed by atoms with Gasteiger partial charge in [0.15, 0.2) is 6.10 Å². The molecular weight excluding hydrogens is 221 g/mol. The predicted molar refractivity (Wildman–Crippen MR) is 56.1 cm³/mol. The minimum Gasteiger partial charge on any atom is -0.397 e. The summed E-state index contributed by atoms with van der Waals surface area (Å²) in [7, 11) is 0. The lowest BCUT2D eigenvalue weighted by atomic mass is 10.1. The first-order chi connectivity index (χ1) is 7.32. The van der Waals surface area contributed by atoms with E-state index in [2.05, 4.69) is 5.32 Å². The van der Waals surface area contributed by atoms with Crippen LogP contribution in [0.25, 0.3) is 0 Å². The standard InChI is InChI=1S/C10H13F3N2O/c1-6-3-2-4-7(9(6)14)15-5-8(16)10(11,12)13/h2-4,8,15-16H,5,14H2,1H3. The maximum absolute atomic E-state index is 12.0. The van der Waals surface area contributed by atoms with Gasteiger partial charge in [-0.3, -0.25) is 0 Å². The normalized spacial score (nSPS) is 13.6. The first-order valence-electron chi connectivity index (χ1n) is 4.66. The van der Waals surface area contributed by atoms with Gasteiger partial charge >= 0.3 is 6.18 Å². The molecule has 0 aliphatic rings. The average Bonchev–Trinajstić information content (AvgIpc) is 2.18. The van der Waals surface area contributed by atoms with Gasteiger partial charge in [0, 0.05) is 6.54 Å². The number of aliphatic hydroxyl groups is 1. The van der Waals surface area contributed by atoms with Crippen molar-refractivity contribution in [2.75, 3.05) is 17.6 Å². The molecule has 1 rings (SSSR count). The molecule has 16 heavy (non-hydrogen) atoms. The van der Waals surface area contributed by atoms with Gasteiger partial charge in [0.2, 0.25) is 0 Å². The molecule has 0 bridgehead atoms. The minimum atomic E-state index is -4.62. The highest BCUT2D eigenvalue weighted by atomic mass is 19.4. The van der Waals surface area contributed by atoms with E-state index in [0.29, 0.717) is 11.4 Å². The Morgan fingerprint density at radius 3 is 2.62 bits per heavy atom. The van der Waals surface area contributed by atoms with Crippen molar-refractivity contribution in [3.8, 4) is 0 Å². The van der Waals surface area contributed by atoms with E-state index in [0.717, 1.165) is 5.56 Å². The number of anilines is 2. The molecular formula is C10H13F3N2O. The predicted octanol–water partition coefficient (Wildman–Crippen LogP) is 1.91. The number of halogens is 3. The van der Waals surface area contributed by atoms with Crippen LogP contribution < -0.4 is 11.1 Å². The van der Waals surface area contributed by atoms with E-state index in [1.807, 2.05) is 0 Å². The Balaban J connectivity index is 2.65. The molecule has 1 aromatic carbocycles. The second kappa shape index (κ2) is 4.61. The quantitative estimate of drug-likeness (QED) is 0.700. The monoisotopic (exact) mass is 234 g/mol. The molecule has 6 heteroatoms. The van der Waals surface area contributed by atoms with Gasteiger partial charge in [-0.15, -0.1) is 0 Å². The van der Waals surface area contributed by atoms with E-state index in [-0.39, 0.29) is 0 Å². The average molecular weight is 234 g/mol. The number of benzene rings is 1. The number of nitrogen functional groups attached to an aromatic ring is 1. The number of rotatable bonds is 3. The van der Waals surface area contributed by atoms with Gasteiger partial charge < -0.3 is 16.2 Å². The highest BCUT2D eigenvalue weighted by Crippen LogP contribution is 2.24. The Bertz CT molecular complexity index is 366. The fraction of sp³-hybridized carbons (Fsp3) is 0.400. The smallest absolute Gasteiger partial charge is 0.397 e. The summed E-state index contributed by atoms with van der Waals surface area (Å²) in [5.74, 6) is 0. The van der Waals surface area contributed by atoms with E-state index in [4.69, 9.17) is 10.8 Å². The van der Waals surface area contributed by atoms with Crippen LogP contribution in [0.3, 0.4) is 0 Å². The third-order valence-electron chi connectivity index (χ3n) is 2.19. The van der Waals surface area contributed by atoms with Crippen molar-refractivity contribution in [1.82, 2.24) is 0 Å². The molecule has 0 aliphatic carbocycles. The van der Waals surface area contributed by atoms with Crippen molar-refractivity contribution < 1.29 is 18.3 Å². The van der Waals surface area contributed by atoms with Crippen LogP contribution in [-0.4, -0.2) is 23.9 Å². The summed E-state index contributed by atoms with van der Waals surface area (Å²) in [4.78, 5) is 0. The molecule has 0 heterocycles. The Hall–Kier alpha value is -1.43. The number of aryl methyl sites for hydroxylation is 1. The zero-order valence-corrected chi connectivity index (χ0v) is 8.67. The molecule has 0 aliphatic heterocycles. The third-order valence-corrected chi connectivity index (χ3v) is 2.19. The first-order valence-corrected chi connectivity index (χ1v) is 4.66. The molecule has 3 nitrogen and oxygen atoms in total. The van der Waals surface area contributed by atoms with E-state index < -0.39 is 18.8 Å². The second-order valence-corrected chi connectivity index (χ2v) is 3.47. The van der Waals surface area contributed by atoms with Gasteiger partial charge in [0.1, 0.15) is 0 Å². The summed E-state index contributed by atoms with van der Waals surface area (Å²) >= 11 is 0. The van der Waals surface area contributed by atoms with E-state index in [1.165, 1.54) is 0 Å². The zero-order chi connectivity index (χ0) is 12.3. The van der Waals surface area contributed by atoms with Gasteiger partial charge in [0.25, 0.3) is 0 Å². The second-order valence-electron chi connectivity index (χ2n) is 3.47. The van der Waals surface area contributed by atoms with Gasteiger partial charge in [-0.25, -0.2) is 0 Å². The van der Waals surface area contributed by atoms with Crippen LogP contribution in [0.5, 0.6) is 0 Å². The maximum atomic E-state index is 12.0. The lowest BCUT2D eigenvalue weighted by Crippen LogP contribution is -2.35. The van der Waals surface area contributed by atoms with Gasteiger partial charge in [-0.05, 0) is 18.6 Å². The third kappa shape index (κ3) is 3.03. The van der Waals surface area contributed by atoms with Crippen LogP contribution in [0.2, 0.25) is 0 Å². The summed E-state index contributed by atoms with van der Waals surface area (Å²) in [6.07, 6.45) is -7.02. The molecule has 0 fully saturated rings. The molecule has 0 radical (unpaired) electrons. The van der Waals surface area contributed by atoms with E-state index in [1.54, 1.807) is 25.1 Å². The van der Waals surface area contributed by atoms with Crippen LogP contribution in [0.1, 0.15) is 5.56 Å².